The normalized spacial score (nSPS) is 24.8. The van der Waals surface area contributed by atoms with Crippen LogP contribution in [-0.4, -0.2) is 76.2 Å². The van der Waals surface area contributed by atoms with Crippen LogP contribution in [0.2, 0.25) is 0 Å². The molecular weight excluding hydrogens is 334 g/mol. The minimum absolute atomic E-state index is 0.254. The highest BCUT2D eigenvalue weighted by Crippen LogP contribution is 2.22. The molecule has 0 unspecified atom stereocenters. The van der Waals surface area contributed by atoms with Crippen molar-refractivity contribution >= 4 is 11.9 Å². The van der Waals surface area contributed by atoms with E-state index in [0.717, 1.165) is 32.7 Å². The van der Waals surface area contributed by atoms with Gasteiger partial charge in [0, 0.05) is 69.8 Å². The Kier molecular flexibility index (Phi) is 4.85. The number of anilines is 1. The van der Waals surface area contributed by atoms with E-state index in [2.05, 4.69) is 19.8 Å². The zero-order valence-corrected chi connectivity index (χ0v) is 14.6. The van der Waals surface area contributed by atoms with Crippen LogP contribution in [0.5, 0.6) is 0 Å². The largest absolute Gasteiger partial charge is 0.481 e. The average Bonchev–Trinajstić information content (AvgIpc) is 3.07. The molecule has 2 fully saturated rings. The lowest BCUT2D eigenvalue weighted by Crippen LogP contribution is -2.55. The summed E-state index contributed by atoms with van der Waals surface area (Å²) < 4.78 is 5.17. The molecule has 0 bridgehead atoms. The Hall–Kier alpha value is -2.45. The Labute approximate surface area is 152 Å². The number of carboxylic acids is 1. The highest BCUT2D eigenvalue weighted by Gasteiger charge is 2.37. The van der Waals surface area contributed by atoms with Crippen molar-refractivity contribution in [2.45, 2.75) is 12.6 Å². The van der Waals surface area contributed by atoms with Gasteiger partial charge in [0.25, 0.3) is 0 Å². The first-order valence-corrected chi connectivity index (χ1v) is 8.91. The molecule has 8 heteroatoms. The summed E-state index contributed by atoms with van der Waals surface area (Å²) in [6, 6.07) is 4.02. The van der Waals surface area contributed by atoms with Gasteiger partial charge in [-0.3, -0.25) is 14.6 Å². The van der Waals surface area contributed by atoms with Gasteiger partial charge >= 0.3 is 5.97 Å². The predicted molar refractivity (Wildman–Crippen MR) is 94.7 cm³/mol. The standard InChI is InChI=1S/C18H23N5O3/c24-17(25)15-9-22-6-5-21(8-14-2-7-26-13-14)11-16(22)12-23(10-15)18-19-3-1-4-20-18/h1-4,7,13,15-16H,5-6,8-12H2,(H,24,25)/t15-,16+/m0/s1. The molecule has 0 radical (unpaired) electrons. The number of piperazine rings is 1. The molecule has 4 rings (SSSR count). The number of hydrogen-bond acceptors (Lipinski definition) is 7. The number of carbonyl (C=O) groups is 1. The molecule has 138 valence electrons. The summed E-state index contributed by atoms with van der Waals surface area (Å²) in [4.78, 5) is 27.1. The molecule has 8 nitrogen and oxygen atoms in total. The zero-order valence-electron chi connectivity index (χ0n) is 14.6. The maximum Gasteiger partial charge on any atom is 0.309 e. The molecule has 2 aromatic rings. The molecule has 1 N–H and O–H groups in total. The maximum absolute atomic E-state index is 11.7. The predicted octanol–water partition coefficient (Wildman–Crippen LogP) is 0.777. The van der Waals surface area contributed by atoms with Crippen LogP contribution in [0.3, 0.4) is 0 Å². The molecule has 2 saturated heterocycles. The van der Waals surface area contributed by atoms with Gasteiger partial charge in [-0.1, -0.05) is 0 Å². The second-order valence-corrected chi connectivity index (χ2v) is 7.00. The van der Waals surface area contributed by atoms with Crippen molar-refractivity contribution in [3.63, 3.8) is 0 Å². The summed E-state index contributed by atoms with van der Waals surface area (Å²) in [5, 5.41) is 9.63. The van der Waals surface area contributed by atoms with Gasteiger partial charge in [-0.2, -0.15) is 0 Å². The minimum Gasteiger partial charge on any atom is -0.481 e. The monoisotopic (exact) mass is 357 g/mol. The molecule has 0 spiro atoms. The third kappa shape index (κ3) is 3.71. The molecule has 26 heavy (non-hydrogen) atoms. The smallest absolute Gasteiger partial charge is 0.309 e. The van der Waals surface area contributed by atoms with Gasteiger partial charge in [0.15, 0.2) is 0 Å². The summed E-state index contributed by atoms with van der Waals surface area (Å²) in [5.41, 5.74) is 1.17. The maximum atomic E-state index is 11.7. The number of nitrogens with zero attached hydrogens (tertiary/aromatic N) is 5. The Balaban J connectivity index is 1.51. The topological polar surface area (TPSA) is 85.9 Å². The fraction of sp³-hybridized carbons (Fsp3) is 0.500. The van der Waals surface area contributed by atoms with Crippen LogP contribution in [0.25, 0.3) is 0 Å². The van der Waals surface area contributed by atoms with E-state index in [1.54, 1.807) is 31.0 Å². The van der Waals surface area contributed by atoms with Crippen molar-refractivity contribution in [2.75, 3.05) is 44.2 Å². The van der Waals surface area contributed by atoms with E-state index in [1.807, 2.05) is 11.0 Å². The van der Waals surface area contributed by atoms with Gasteiger partial charge in [0.2, 0.25) is 5.95 Å². The third-order valence-corrected chi connectivity index (χ3v) is 5.19. The number of aromatic nitrogens is 2. The number of fused-ring (bicyclic) bond motifs is 1. The van der Waals surface area contributed by atoms with Gasteiger partial charge in [-0.25, -0.2) is 9.97 Å². The van der Waals surface area contributed by atoms with E-state index < -0.39 is 11.9 Å². The molecule has 2 aromatic heterocycles. The molecule has 0 amide bonds. The number of rotatable bonds is 4. The molecule has 0 aliphatic carbocycles. The first kappa shape index (κ1) is 17.0. The number of furan rings is 1. The van der Waals surface area contributed by atoms with Gasteiger partial charge in [0.1, 0.15) is 0 Å². The highest BCUT2D eigenvalue weighted by molar-refractivity contribution is 5.71. The van der Waals surface area contributed by atoms with E-state index >= 15 is 0 Å². The Morgan fingerprint density at radius 3 is 2.77 bits per heavy atom. The van der Waals surface area contributed by atoms with Gasteiger partial charge in [-0.05, 0) is 12.1 Å². The summed E-state index contributed by atoms with van der Waals surface area (Å²) in [5.74, 6) is -0.593. The van der Waals surface area contributed by atoms with Gasteiger partial charge in [0.05, 0.1) is 18.4 Å². The summed E-state index contributed by atoms with van der Waals surface area (Å²) in [6.45, 7) is 5.28. The van der Waals surface area contributed by atoms with Crippen molar-refractivity contribution in [1.82, 2.24) is 19.8 Å². The van der Waals surface area contributed by atoms with Gasteiger partial charge < -0.3 is 14.4 Å². The Morgan fingerprint density at radius 1 is 1.19 bits per heavy atom. The number of carboxylic acid groups (broad SMARTS) is 1. The minimum atomic E-state index is -0.757. The zero-order chi connectivity index (χ0) is 17.9. The molecule has 2 atom stereocenters. The first-order valence-electron chi connectivity index (χ1n) is 8.91. The van der Waals surface area contributed by atoms with Crippen molar-refractivity contribution < 1.29 is 14.3 Å². The molecule has 2 aliphatic rings. The van der Waals surface area contributed by atoms with Gasteiger partial charge in [-0.15, -0.1) is 0 Å². The third-order valence-electron chi connectivity index (χ3n) is 5.19. The number of hydrogen-bond donors (Lipinski definition) is 1. The van der Waals surface area contributed by atoms with E-state index in [1.165, 1.54) is 5.56 Å². The van der Waals surface area contributed by atoms with E-state index in [9.17, 15) is 9.90 Å². The average molecular weight is 357 g/mol. The fourth-order valence-electron chi connectivity index (χ4n) is 3.87. The van der Waals surface area contributed by atoms with E-state index in [0.29, 0.717) is 19.0 Å². The lowest BCUT2D eigenvalue weighted by atomic mass is 10.1. The summed E-state index contributed by atoms with van der Waals surface area (Å²) >= 11 is 0. The van der Waals surface area contributed by atoms with Crippen molar-refractivity contribution in [2.24, 2.45) is 5.92 Å². The highest BCUT2D eigenvalue weighted by atomic mass is 16.4. The van der Waals surface area contributed by atoms with Crippen LogP contribution in [0.15, 0.2) is 41.5 Å². The van der Waals surface area contributed by atoms with Crippen molar-refractivity contribution in [1.29, 1.82) is 0 Å². The van der Waals surface area contributed by atoms with Crippen molar-refractivity contribution in [3.05, 3.63) is 42.6 Å². The van der Waals surface area contributed by atoms with Crippen molar-refractivity contribution in [3.8, 4) is 0 Å². The van der Waals surface area contributed by atoms with Crippen LogP contribution < -0.4 is 4.90 Å². The molecule has 2 aliphatic heterocycles. The quantitative estimate of drug-likeness (QED) is 0.859. The SMILES string of the molecule is O=C(O)[C@@H]1CN(c2ncccn2)C[C@H]2CN(Cc3ccoc3)CCN2C1. The van der Waals surface area contributed by atoms with Crippen LogP contribution >= 0.6 is 0 Å². The summed E-state index contributed by atoms with van der Waals surface area (Å²) in [7, 11) is 0. The molecule has 0 aromatic carbocycles. The Morgan fingerprint density at radius 2 is 2.04 bits per heavy atom. The Bertz CT molecular complexity index is 724. The second kappa shape index (κ2) is 7.43. The molecule has 4 heterocycles. The second-order valence-electron chi connectivity index (χ2n) is 7.00. The summed E-state index contributed by atoms with van der Waals surface area (Å²) in [6.07, 6.45) is 6.88. The molecule has 0 saturated carbocycles. The van der Waals surface area contributed by atoms with E-state index in [-0.39, 0.29) is 6.04 Å². The molecular formula is C18H23N5O3. The number of aliphatic carboxylic acids is 1. The van der Waals surface area contributed by atoms with Crippen LogP contribution in [0, 0.1) is 5.92 Å². The fourth-order valence-corrected chi connectivity index (χ4v) is 3.87. The lowest BCUT2D eigenvalue weighted by Gasteiger charge is -2.41. The van der Waals surface area contributed by atoms with Crippen LogP contribution in [0.1, 0.15) is 5.56 Å². The van der Waals surface area contributed by atoms with Crippen LogP contribution in [-0.2, 0) is 11.3 Å². The van der Waals surface area contributed by atoms with E-state index in [4.69, 9.17) is 4.42 Å². The first-order chi connectivity index (χ1) is 12.7. The van der Waals surface area contributed by atoms with Crippen LogP contribution in [0.4, 0.5) is 5.95 Å². The lowest BCUT2D eigenvalue weighted by molar-refractivity contribution is -0.142.